The lowest BCUT2D eigenvalue weighted by molar-refractivity contribution is -0.121. The maximum Gasteiger partial charge on any atom is 0.224 e. The van der Waals surface area contributed by atoms with Gasteiger partial charge < -0.3 is 14.8 Å². The van der Waals surface area contributed by atoms with Gasteiger partial charge in [0.05, 0.1) is 12.5 Å². The molecule has 0 spiro atoms. The Kier molecular flexibility index (Phi) is 5.27. The normalized spacial score (nSPS) is 14.2. The summed E-state index contributed by atoms with van der Waals surface area (Å²) in [5.74, 6) is 1.81. The van der Waals surface area contributed by atoms with Gasteiger partial charge in [-0.05, 0) is 36.1 Å². The Balaban J connectivity index is 1.72. The van der Waals surface area contributed by atoms with Crippen molar-refractivity contribution in [2.45, 2.75) is 33.2 Å². The molecule has 4 heteroatoms. The number of fused-ring (bicyclic) bond motifs is 1. The molecule has 1 amide bonds. The zero-order valence-corrected chi connectivity index (χ0v) is 15.0. The topological polar surface area (TPSA) is 47.6 Å². The molecule has 1 N–H and O–H groups in total. The Morgan fingerprint density at radius 1 is 1.04 bits per heavy atom. The van der Waals surface area contributed by atoms with Gasteiger partial charge in [0.25, 0.3) is 0 Å². The van der Waals surface area contributed by atoms with E-state index in [1.165, 1.54) is 5.56 Å². The summed E-state index contributed by atoms with van der Waals surface area (Å²) in [4.78, 5) is 12.5. The SMILES string of the molecule is Cc1ccc(CC(=O)N[C@@H](c2ccc3c(c2)OCCO3)C(C)C)cc1. The molecule has 0 bridgehead atoms. The molecule has 0 radical (unpaired) electrons. The van der Waals surface area contributed by atoms with E-state index >= 15 is 0 Å². The number of amides is 1. The standard InChI is InChI=1S/C21H25NO3/c1-14(2)21(17-8-9-18-19(13-17)25-11-10-24-18)22-20(23)12-16-6-4-15(3)5-7-16/h4-9,13-14,21H,10-12H2,1-3H3,(H,22,23)/t21-/m1/s1. The van der Waals surface area contributed by atoms with E-state index in [0.717, 1.165) is 22.6 Å². The van der Waals surface area contributed by atoms with Gasteiger partial charge in [0.15, 0.2) is 11.5 Å². The number of hydrogen-bond acceptors (Lipinski definition) is 3. The summed E-state index contributed by atoms with van der Waals surface area (Å²) in [6.07, 6.45) is 0.383. The second-order valence-electron chi connectivity index (χ2n) is 6.85. The molecule has 1 heterocycles. The molecule has 2 aromatic carbocycles. The van der Waals surface area contributed by atoms with Crippen LogP contribution in [0.4, 0.5) is 0 Å². The van der Waals surface area contributed by atoms with Crippen molar-refractivity contribution in [1.29, 1.82) is 0 Å². The molecule has 0 aromatic heterocycles. The summed E-state index contributed by atoms with van der Waals surface area (Å²) in [5.41, 5.74) is 3.25. The number of benzene rings is 2. The van der Waals surface area contributed by atoms with E-state index in [-0.39, 0.29) is 17.9 Å². The first-order valence-corrected chi connectivity index (χ1v) is 8.77. The van der Waals surface area contributed by atoms with E-state index in [9.17, 15) is 4.79 Å². The molecule has 4 nitrogen and oxygen atoms in total. The first-order valence-electron chi connectivity index (χ1n) is 8.77. The Hall–Kier alpha value is -2.49. The van der Waals surface area contributed by atoms with Crippen molar-refractivity contribution >= 4 is 5.91 Å². The molecule has 1 aliphatic rings. The fourth-order valence-corrected chi connectivity index (χ4v) is 3.00. The fourth-order valence-electron chi connectivity index (χ4n) is 3.00. The Morgan fingerprint density at radius 2 is 1.72 bits per heavy atom. The molecule has 0 unspecified atom stereocenters. The van der Waals surface area contributed by atoms with E-state index in [1.807, 2.05) is 49.4 Å². The third-order valence-corrected chi connectivity index (χ3v) is 4.39. The highest BCUT2D eigenvalue weighted by Crippen LogP contribution is 2.34. The van der Waals surface area contributed by atoms with Crippen LogP contribution in [-0.2, 0) is 11.2 Å². The number of nitrogens with one attached hydrogen (secondary N) is 1. The number of rotatable bonds is 5. The van der Waals surface area contributed by atoms with Crippen LogP contribution in [-0.4, -0.2) is 19.1 Å². The zero-order valence-electron chi connectivity index (χ0n) is 15.0. The van der Waals surface area contributed by atoms with Crippen molar-refractivity contribution in [3.63, 3.8) is 0 Å². The van der Waals surface area contributed by atoms with Crippen LogP contribution < -0.4 is 14.8 Å². The van der Waals surface area contributed by atoms with Crippen molar-refractivity contribution in [3.8, 4) is 11.5 Å². The van der Waals surface area contributed by atoms with Gasteiger partial charge in [0, 0.05) is 0 Å². The number of aryl methyl sites for hydroxylation is 1. The minimum atomic E-state index is -0.0613. The molecule has 1 atom stereocenters. The molecule has 25 heavy (non-hydrogen) atoms. The first kappa shape index (κ1) is 17.3. The van der Waals surface area contributed by atoms with E-state index in [1.54, 1.807) is 0 Å². The molecule has 0 saturated carbocycles. The predicted molar refractivity (Wildman–Crippen MR) is 98.0 cm³/mol. The third kappa shape index (κ3) is 4.32. The summed E-state index contributed by atoms with van der Waals surface area (Å²) in [6, 6.07) is 13.9. The van der Waals surface area contributed by atoms with Gasteiger partial charge in [-0.15, -0.1) is 0 Å². The van der Waals surface area contributed by atoms with E-state index < -0.39 is 0 Å². The second-order valence-corrected chi connectivity index (χ2v) is 6.85. The lowest BCUT2D eigenvalue weighted by atomic mass is 9.95. The molecule has 1 aliphatic heterocycles. The Labute approximate surface area is 149 Å². The highest BCUT2D eigenvalue weighted by Gasteiger charge is 2.21. The average Bonchev–Trinajstić information content (AvgIpc) is 2.61. The van der Waals surface area contributed by atoms with Crippen LogP contribution in [0.15, 0.2) is 42.5 Å². The molecule has 0 aliphatic carbocycles. The predicted octanol–water partition coefficient (Wildman–Crippen LogP) is 3.82. The molecule has 0 fully saturated rings. The monoisotopic (exact) mass is 339 g/mol. The van der Waals surface area contributed by atoms with Crippen LogP contribution >= 0.6 is 0 Å². The van der Waals surface area contributed by atoms with Gasteiger partial charge in [-0.25, -0.2) is 0 Å². The molecular formula is C21H25NO3. The van der Waals surface area contributed by atoms with Gasteiger partial charge in [-0.1, -0.05) is 49.7 Å². The number of ether oxygens (including phenoxy) is 2. The molecule has 2 aromatic rings. The van der Waals surface area contributed by atoms with Crippen molar-refractivity contribution in [3.05, 3.63) is 59.2 Å². The fraction of sp³-hybridized carbons (Fsp3) is 0.381. The Morgan fingerprint density at radius 3 is 2.40 bits per heavy atom. The average molecular weight is 339 g/mol. The summed E-state index contributed by atoms with van der Waals surface area (Å²) in [6.45, 7) is 7.39. The molecule has 3 rings (SSSR count). The van der Waals surface area contributed by atoms with Crippen molar-refractivity contribution in [2.75, 3.05) is 13.2 Å². The van der Waals surface area contributed by atoms with Crippen LogP contribution in [0, 0.1) is 12.8 Å². The minimum absolute atomic E-state index is 0.0254. The zero-order chi connectivity index (χ0) is 17.8. The van der Waals surface area contributed by atoms with Gasteiger partial charge >= 0.3 is 0 Å². The first-order chi connectivity index (χ1) is 12.0. The van der Waals surface area contributed by atoms with Gasteiger partial charge in [0.2, 0.25) is 5.91 Å². The largest absolute Gasteiger partial charge is 0.486 e. The quantitative estimate of drug-likeness (QED) is 0.901. The van der Waals surface area contributed by atoms with E-state index in [2.05, 4.69) is 19.2 Å². The molecule has 0 saturated heterocycles. The number of carbonyl (C=O) groups is 1. The lowest BCUT2D eigenvalue weighted by Crippen LogP contribution is -2.33. The highest BCUT2D eigenvalue weighted by atomic mass is 16.6. The third-order valence-electron chi connectivity index (χ3n) is 4.39. The number of carbonyl (C=O) groups excluding carboxylic acids is 1. The highest BCUT2D eigenvalue weighted by molar-refractivity contribution is 5.79. The maximum absolute atomic E-state index is 12.5. The van der Waals surface area contributed by atoms with Crippen LogP contribution in [0.5, 0.6) is 11.5 Å². The van der Waals surface area contributed by atoms with Gasteiger partial charge in [0.1, 0.15) is 13.2 Å². The van der Waals surface area contributed by atoms with Gasteiger partial charge in [-0.2, -0.15) is 0 Å². The number of hydrogen-bond donors (Lipinski definition) is 1. The lowest BCUT2D eigenvalue weighted by Gasteiger charge is -2.25. The van der Waals surface area contributed by atoms with Crippen molar-refractivity contribution < 1.29 is 14.3 Å². The van der Waals surface area contributed by atoms with E-state index in [4.69, 9.17) is 9.47 Å². The van der Waals surface area contributed by atoms with Crippen LogP contribution in [0.1, 0.15) is 36.6 Å². The van der Waals surface area contributed by atoms with Crippen LogP contribution in [0.3, 0.4) is 0 Å². The van der Waals surface area contributed by atoms with Gasteiger partial charge in [-0.3, -0.25) is 4.79 Å². The molecule has 132 valence electrons. The van der Waals surface area contributed by atoms with E-state index in [0.29, 0.717) is 19.6 Å². The summed E-state index contributed by atoms with van der Waals surface area (Å²) in [5, 5.41) is 3.17. The molecular weight excluding hydrogens is 314 g/mol. The summed E-state index contributed by atoms with van der Waals surface area (Å²) >= 11 is 0. The van der Waals surface area contributed by atoms with Crippen LogP contribution in [0.2, 0.25) is 0 Å². The van der Waals surface area contributed by atoms with Crippen LogP contribution in [0.25, 0.3) is 0 Å². The van der Waals surface area contributed by atoms with Crippen molar-refractivity contribution in [2.24, 2.45) is 5.92 Å². The summed E-state index contributed by atoms with van der Waals surface area (Å²) in [7, 11) is 0. The minimum Gasteiger partial charge on any atom is -0.486 e. The Bertz CT molecular complexity index is 737. The van der Waals surface area contributed by atoms with Crippen molar-refractivity contribution in [1.82, 2.24) is 5.32 Å². The smallest absolute Gasteiger partial charge is 0.224 e. The second kappa shape index (κ2) is 7.60. The summed E-state index contributed by atoms with van der Waals surface area (Å²) < 4.78 is 11.2. The maximum atomic E-state index is 12.5.